The van der Waals surface area contributed by atoms with Gasteiger partial charge in [-0.1, -0.05) is 18.2 Å². The van der Waals surface area contributed by atoms with Gasteiger partial charge in [0.25, 0.3) is 0 Å². The Hall–Kier alpha value is -2.72. The van der Waals surface area contributed by atoms with Crippen LogP contribution in [0.15, 0.2) is 42.0 Å². The molecule has 1 fully saturated rings. The first-order valence-corrected chi connectivity index (χ1v) is 11.8. The summed E-state index contributed by atoms with van der Waals surface area (Å²) in [6, 6.07) is 14.8. The first-order valence-electron chi connectivity index (χ1n) is 11.8. The number of aliphatic hydroxyl groups excluding tert-OH is 1. The molecule has 0 saturated carbocycles. The number of benzene rings is 2. The average molecular weight is 451 g/mol. The van der Waals surface area contributed by atoms with Crippen LogP contribution in [-0.2, 0) is 14.3 Å². The number of ether oxygens (including phenoxy) is 2. The summed E-state index contributed by atoms with van der Waals surface area (Å²) in [7, 11) is 0. The highest BCUT2D eigenvalue weighted by Crippen LogP contribution is 2.28. The van der Waals surface area contributed by atoms with Crippen LogP contribution < -0.4 is 4.90 Å². The third-order valence-electron chi connectivity index (χ3n) is 6.04. The number of nitrogens with zero attached hydrogens (tertiary/aromatic N) is 2. The molecule has 0 amide bonds. The number of anilines is 1. The Balaban J connectivity index is 1.62. The summed E-state index contributed by atoms with van der Waals surface area (Å²) < 4.78 is 10.5. The van der Waals surface area contributed by atoms with E-state index in [0.717, 1.165) is 24.0 Å². The molecule has 1 saturated heterocycles. The van der Waals surface area contributed by atoms with Crippen LogP contribution in [0.25, 0.3) is 16.3 Å². The number of allylic oxidation sites excluding steroid dienone is 2. The molecular formula is C27H34N2O4. The van der Waals surface area contributed by atoms with Crippen molar-refractivity contribution in [2.24, 2.45) is 0 Å². The zero-order valence-electron chi connectivity index (χ0n) is 19.5. The van der Waals surface area contributed by atoms with Gasteiger partial charge >= 0.3 is 0 Å². The van der Waals surface area contributed by atoms with Gasteiger partial charge in [-0.25, -0.2) is 0 Å². The van der Waals surface area contributed by atoms with Crippen LogP contribution in [-0.4, -0.2) is 57.0 Å². The van der Waals surface area contributed by atoms with Crippen LogP contribution >= 0.6 is 0 Å². The van der Waals surface area contributed by atoms with Gasteiger partial charge in [0.2, 0.25) is 0 Å². The number of piperidine rings is 1. The summed E-state index contributed by atoms with van der Waals surface area (Å²) in [4.78, 5) is 15.1. The topological polar surface area (TPSA) is 82.8 Å². The van der Waals surface area contributed by atoms with E-state index in [0.29, 0.717) is 38.4 Å². The molecule has 0 unspecified atom stereocenters. The van der Waals surface area contributed by atoms with Crippen LogP contribution in [0.1, 0.15) is 44.6 Å². The Labute approximate surface area is 196 Å². The second-order valence-corrected chi connectivity index (χ2v) is 8.38. The zero-order valence-corrected chi connectivity index (χ0v) is 19.5. The number of hydrogen-bond acceptors (Lipinski definition) is 6. The number of aliphatic hydroxyl groups is 1. The van der Waals surface area contributed by atoms with E-state index < -0.39 is 0 Å². The lowest BCUT2D eigenvalue weighted by atomic mass is 9.95. The Kier molecular flexibility index (Phi) is 9.89. The van der Waals surface area contributed by atoms with E-state index >= 15 is 0 Å². The Bertz CT molecular complexity index is 1000. The standard InChI is InChI=1S/C27H34N2O4/c1-21(26(20-28)27(31)6-5-14-32-16-17-33-15-13-30)22-7-8-24-19-25(10-9-23(24)18-22)29-11-3-2-4-12-29/h7-10,18-19,30H,2-6,11-17H2,1H3/b26-21+. The summed E-state index contributed by atoms with van der Waals surface area (Å²) in [5.74, 6) is -0.157. The monoisotopic (exact) mass is 450 g/mol. The van der Waals surface area contributed by atoms with E-state index in [1.807, 2.05) is 13.0 Å². The molecular weight excluding hydrogens is 416 g/mol. The Morgan fingerprint density at radius 1 is 1.00 bits per heavy atom. The summed E-state index contributed by atoms with van der Waals surface area (Å²) >= 11 is 0. The molecule has 6 heteroatoms. The average Bonchev–Trinajstić information content (AvgIpc) is 2.86. The summed E-state index contributed by atoms with van der Waals surface area (Å²) in [6.45, 7) is 5.63. The van der Waals surface area contributed by atoms with E-state index in [1.165, 1.54) is 30.3 Å². The van der Waals surface area contributed by atoms with Crippen LogP contribution in [0.5, 0.6) is 0 Å². The van der Waals surface area contributed by atoms with Crippen LogP contribution in [0.3, 0.4) is 0 Å². The lowest BCUT2D eigenvalue weighted by Crippen LogP contribution is -2.29. The van der Waals surface area contributed by atoms with E-state index in [4.69, 9.17) is 14.6 Å². The molecule has 1 N–H and O–H groups in total. The van der Waals surface area contributed by atoms with Gasteiger partial charge < -0.3 is 19.5 Å². The van der Waals surface area contributed by atoms with Gasteiger partial charge in [-0.2, -0.15) is 5.26 Å². The van der Waals surface area contributed by atoms with Gasteiger partial charge in [-0.05, 0) is 72.7 Å². The fraction of sp³-hybridized carbons (Fsp3) is 0.481. The molecule has 0 bridgehead atoms. The number of fused-ring (bicyclic) bond motifs is 1. The fourth-order valence-electron chi connectivity index (χ4n) is 4.16. The molecule has 0 aliphatic carbocycles. The zero-order chi connectivity index (χ0) is 23.5. The van der Waals surface area contributed by atoms with Gasteiger partial charge in [0.15, 0.2) is 5.78 Å². The van der Waals surface area contributed by atoms with Gasteiger partial charge in [0.05, 0.1) is 32.0 Å². The quantitative estimate of drug-likeness (QED) is 0.291. The lowest BCUT2D eigenvalue weighted by molar-refractivity contribution is -0.115. The van der Waals surface area contributed by atoms with E-state index in [2.05, 4.69) is 41.3 Å². The smallest absolute Gasteiger partial charge is 0.173 e. The first-order chi connectivity index (χ1) is 16.1. The van der Waals surface area contributed by atoms with E-state index in [9.17, 15) is 10.1 Å². The summed E-state index contributed by atoms with van der Waals surface area (Å²) in [5, 5.41) is 20.6. The highest BCUT2D eigenvalue weighted by atomic mass is 16.5. The van der Waals surface area contributed by atoms with Gasteiger partial charge in [-0.15, -0.1) is 0 Å². The van der Waals surface area contributed by atoms with Crippen molar-refractivity contribution < 1.29 is 19.4 Å². The van der Waals surface area contributed by atoms with Crippen molar-refractivity contribution in [2.75, 3.05) is 51.0 Å². The molecule has 2 aromatic rings. The Morgan fingerprint density at radius 2 is 1.70 bits per heavy atom. The lowest BCUT2D eigenvalue weighted by Gasteiger charge is -2.29. The minimum atomic E-state index is -0.157. The molecule has 176 valence electrons. The highest BCUT2D eigenvalue weighted by molar-refractivity contribution is 6.06. The van der Waals surface area contributed by atoms with Crippen LogP contribution in [0.4, 0.5) is 5.69 Å². The predicted molar refractivity (Wildman–Crippen MR) is 131 cm³/mol. The number of hydrogen-bond donors (Lipinski definition) is 1. The SMILES string of the molecule is C/C(=C(/C#N)C(=O)CCCOCCOCCO)c1ccc2cc(N3CCCCC3)ccc2c1. The third kappa shape index (κ3) is 7.13. The number of ketones is 1. The van der Waals surface area contributed by atoms with Crippen LogP contribution in [0.2, 0.25) is 0 Å². The predicted octanol–water partition coefficient (Wildman–Crippen LogP) is 4.50. The second-order valence-electron chi connectivity index (χ2n) is 8.38. The van der Waals surface area contributed by atoms with Gasteiger partial charge in [-0.3, -0.25) is 4.79 Å². The maximum absolute atomic E-state index is 12.7. The minimum absolute atomic E-state index is 0.00598. The summed E-state index contributed by atoms with van der Waals surface area (Å²) in [5.41, 5.74) is 3.08. The molecule has 0 atom stereocenters. The molecule has 2 aromatic carbocycles. The molecule has 0 radical (unpaired) electrons. The van der Waals surface area contributed by atoms with Crippen molar-refractivity contribution in [1.82, 2.24) is 0 Å². The number of Topliss-reactive ketones (excluding diaryl/α,β-unsaturated/α-hetero) is 1. The molecule has 1 aliphatic heterocycles. The van der Waals surface area contributed by atoms with Crippen molar-refractivity contribution in [3.8, 4) is 6.07 Å². The second kappa shape index (κ2) is 13.1. The number of rotatable bonds is 12. The van der Waals surface area contributed by atoms with Gasteiger partial charge in [0, 0.05) is 31.8 Å². The molecule has 1 heterocycles. The van der Waals surface area contributed by atoms with Crippen molar-refractivity contribution in [3.63, 3.8) is 0 Å². The largest absolute Gasteiger partial charge is 0.394 e. The molecule has 33 heavy (non-hydrogen) atoms. The van der Waals surface area contributed by atoms with Gasteiger partial charge in [0.1, 0.15) is 6.07 Å². The molecule has 1 aliphatic rings. The molecule has 0 spiro atoms. The maximum Gasteiger partial charge on any atom is 0.173 e. The number of carbonyl (C=O) groups is 1. The molecule has 3 rings (SSSR count). The highest BCUT2D eigenvalue weighted by Gasteiger charge is 2.15. The van der Waals surface area contributed by atoms with Crippen molar-refractivity contribution in [2.45, 2.75) is 39.0 Å². The van der Waals surface area contributed by atoms with E-state index in [-0.39, 0.29) is 24.4 Å². The Morgan fingerprint density at radius 3 is 2.42 bits per heavy atom. The number of nitriles is 1. The van der Waals surface area contributed by atoms with E-state index in [1.54, 1.807) is 0 Å². The van der Waals surface area contributed by atoms with Crippen molar-refractivity contribution in [3.05, 3.63) is 47.5 Å². The van der Waals surface area contributed by atoms with Crippen molar-refractivity contribution >= 4 is 27.8 Å². The number of carbonyl (C=O) groups excluding carboxylic acids is 1. The maximum atomic E-state index is 12.7. The normalized spacial score (nSPS) is 14.8. The fourth-order valence-corrected chi connectivity index (χ4v) is 4.16. The summed E-state index contributed by atoms with van der Waals surface area (Å²) in [6.07, 6.45) is 4.62. The van der Waals surface area contributed by atoms with Crippen molar-refractivity contribution in [1.29, 1.82) is 5.26 Å². The first kappa shape index (κ1) is 24.9. The third-order valence-corrected chi connectivity index (χ3v) is 6.04. The minimum Gasteiger partial charge on any atom is -0.394 e. The van der Waals surface area contributed by atoms with Crippen LogP contribution in [0, 0.1) is 11.3 Å². The molecule has 6 nitrogen and oxygen atoms in total. The molecule has 0 aromatic heterocycles.